The maximum atomic E-state index is 5.80. The minimum atomic E-state index is 0.465. The minimum Gasteiger partial charge on any atom is -0.476 e. The van der Waals surface area contributed by atoms with Crippen LogP contribution in [0, 0.1) is 5.92 Å². The Kier molecular flexibility index (Phi) is 4.11. The largest absolute Gasteiger partial charge is 0.476 e. The Bertz CT molecular complexity index is 659. The van der Waals surface area contributed by atoms with E-state index in [9.17, 15) is 0 Å². The molecule has 1 atom stereocenters. The second kappa shape index (κ2) is 6.39. The van der Waals surface area contributed by atoms with E-state index in [0.29, 0.717) is 24.3 Å². The van der Waals surface area contributed by atoms with Crippen LogP contribution in [0.3, 0.4) is 0 Å². The number of rotatable bonds is 5. The summed E-state index contributed by atoms with van der Waals surface area (Å²) in [7, 11) is 0. The van der Waals surface area contributed by atoms with Gasteiger partial charge in [0.05, 0.1) is 16.8 Å². The Balaban J connectivity index is 1.29. The van der Waals surface area contributed by atoms with Crippen molar-refractivity contribution in [3.8, 4) is 5.88 Å². The van der Waals surface area contributed by atoms with E-state index in [-0.39, 0.29) is 0 Å². The van der Waals surface area contributed by atoms with Crippen LogP contribution in [-0.2, 0) is 0 Å². The highest BCUT2D eigenvalue weighted by atomic mass is 79.9. The highest BCUT2D eigenvalue weighted by Crippen LogP contribution is 2.38. The molecule has 4 rings (SSSR count). The average Bonchev–Trinajstić information content (AvgIpc) is 3.33. The average molecular weight is 376 g/mol. The molecule has 1 saturated carbocycles. The molecule has 0 spiro atoms. The summed E-state index contributed by atoms with van der Waals surface area (Å²) < 4.78 is 6.70. The van der Waals surface area contributed by atoms with Gasteiger partial charge in [0.15, 0.2) is 0 Å². The van der Waals surface area contributed by atoms with Gasteiger partial charge < -0.3 is 9.64 Å². The lowest BCUT2D eigenvalue weighted by atomic mass is 10.1. The smallest absolute Gasteiger partial charge is 0.233 e. The van der Waals surface area contributed by atoms with E-state index in [0.717, 1.165) is 35.6 Å². The molecule has 0 amide bonds. The van der Waals surface area contributed by atoms with Gasteiger partial charge in [0.2, 0.25) is 11.8 Å². The van der Waals surface area contributed by atoms with Gasteiger partial charge in [-0.25, -0.2) is 9.97 Å². The molecule has 120 valence electrons. The summed E-state index contributed by atoms with van der Waals surface area (Å²) in [5.41, 5.74) is 1.09. The van der Waals surface area contributed by atoms with Crippen LogP contribution in [-0.4, -0.2) is 39.9 Å². The monoisotopic (exact) mass is 375 g/mol. The Labute approximate surface area is 143 Å². The number of hydrogen-bond acceptors (Lipinski definition) is 6. The zero-order valence-corrected chi connectivity index (χ0v) is 14.3. The third kappa shape index (κ3) is 3.60. The number of hydrogen-bond donors (Lipinski definition) is 0. The number of nitrogens with zero attached hydrogens (tertiary/aromatic N) is 5. The molecule has 2 aromatic heterocycles. The van der Waals surface area contributed by atoms with E-state index >= 15 is 0 Å². The fraction of sp³-hybridized carbons (Fsp3) is 0.500. The molecule has 0 bridgehead atoms. The molecular weight excluding hydrogens is 358 g/mol. The molecule has 23 heavy (non-hydrogen) atoms. The van der Waals surface area contributed by atoms with Crippen molar-refractivity contribution >= 4 is 21.9 Å². The van der Waals surface area contributed by atoms with Crippen LogP contribution < -0.4 is 9.64 Å². The van der Waals surface area contributed by atoms with E-state index < -0.39 is 0 Å². The summed E-state index contributed by atoms with van der Waals surface area (Å²) in [5, 5.41) is 8.42. The van der Waals surface area contributed by atoms with E-state index in [1.165, 1.54) is 12.8 Å². The molecule has 2 aliphatic rings. The van der Waals surface area contributed by atoms with E-state index in [2.05, 4.69) is 41.0 Å². The molecule has 0 N–H and O–H groups in total. The molecule has 1 aliphatic carbocycles. The lowest BCUT2D eigenvalue weighted by Gasteiger charge is -2.16. The lowest BCUT2D eigenvalue weighted by Crippen LogP contribution is -2.23. The summed E-state index contributed by atoms with van der Waals surface area (Å²) in [6.07, 6.45) is 7.12. The third-order valence-corrected chi connectivity index (χ3v) is 4.71. The van der Waals surface area contributed by atoms with E-state index in [1.54, 1.807) is 12.4 Å². The highest BCUT2D eigenvalue weighted by molar-refractivity contribution is 9.10. The SMILES string of the molecule is Brc1cnc(N2CCC(COc3ccc(C4CC4)nn3)C2)nc1. The zero-order chi connectivity index (χ0) is 15.6. The number of aromatic nitrogens is 4. The van der Waals surface area contributed by atoms with Crippen LogP contribution in [0.5, 0.6) is 5.88 Å². The number of ether oxygens (including phenoxy) is 1. The number of anilines is 1. The molecule has 0 aromatic carbocycles. The first-order chi connectivity index (χ1) is 11.3. The zero-order valence-electron chi connectivity index (χ0n) is 12.7. The Morgan fingerprint density at radius 1 is 1.13 bits per heavy atom. The van der Waals surface area contributed by atoms with Crippen LogP contribution in [0.1, 0.15) is 30.9 Å². The molecule has 3 heterocycles. The van der Waals surface area contributed by atoms with Gasteiger partial charge in [-0.1, -0.05) is 0 Å². The van der Waals surface area contributed by atoms with Gasteiger partial charge >= 0.3 is 0 Å². The van der Waals surface area contributed by atoms with Crippen LogP contribution in [0.15, 0.2) is 29.0 Å². The Morgan fingerprint density at radius 2 is 1.96 bits per heavy atom. The summed E-state index contributed by atoms with van der Waals surface area (Å²) in [4.78, 5) is 10.9. The highest BCUT2D eigenvalue weighted by Gasteiger charge is 2.26. The summed E-state index contributed by atoms with van der Waals surface area (Å²) >= 11 is 3.36. The molecule has 6 nitrogen and oxygen atoms in total. The van der Waals surface area contributed by atoms with Gasteiger partial charge in [-0.05, 0) is 41.3 Å². The van der Waals surface area contributed by atoms with Gasteiger partial charge in [-0.2, -0.15) is 5.10 Å². The van der Waals surface area contributed by atoms with E-state index in [4.69, 9.17) is 4.74 Å². The van der Waals surface area contributed by atoms with Gasteiger partial charge in [0.25, 0.3) is 0 Å². The Morgan fingerprint density at radius 3 is 2.65 bits per heavy atom. The second-order valence-electron chi connectivity index (χ2n) is 6.18. The molecule has 1 aliphatic heterocycles. The van der Waals surface area contributed by atoms with Crippen molar-refractivity contribution in [1.82, 2.24) is 20.2 Å². The van der Waals surface area contributed by atoms with Crippen molar-refractivity contribution in [1.29, 1.82) is 0 Å². The van der Waals surface area contributed by atoms with Crippen molar-refractivity contribution in [2.75, 3.05) is 24.6 Å². The van der Waals surface area contributed by atoms with Crippen molar-refractivity contribution in [2.45, 2.75) is 25.2 Å². The van der Waals surface area contributed by atoms with Crippen LogP contribution >= 0.6 is 15.9 Å². The summed E-state index contributed by atoms with van der Waals surface area (Å²) in [6, 6.07) is 3.97. The maximum absolute atomic E-state index is 5.80. The first-order valence-corrected chi connectivity index (χ1v) is 8.76. The molecular formula is C16H18BrN5O. The van der Waals surface area contributed by atoms with Crippen LogP contribution in [0.25, 0.3) is 0 Å². The fourth-order valence-corrected chi connectivity index (χ4v) is 3.03. The fourth-order valence-electron chi connectivity index (χ4n) is 2.83. The topological polar surface area (TPSA) is 64.0 Å². The first kappa shape index (κ1) is 14.8. The van der Waals surface area contributed by atoms with Crippen molar-refractivity contribution in [3.63, 3.8) is 0 Å². The molecule has 2 aromatic rings. The minimum absolute atomic E-state index is 0.465. The predicted octanol–water partition coefficient (Wildman–Crippen LogP) is 2.81. The van der Waals surface area contributed by atoms with Gasteiger partial charge in [0, 0.05) is 43.4 Å². The van der Waals surface area contributed by atoms with Crippen molar-refractivity contribution in [3.05, 3.63) is 34.7 Å². The quantitative estimate of drug-likeness (QED) is 0.800. The first-order valence-electron chi connectivity index (χ1n) is 7.97. The van der Waals surface area contributed by atoms with Crippen molar-refractivity contribution in [2.24, 2.45) is 5.92 Å². The van der Waals surface area contributed by atoms with Gasteiger partial charge in [-0.3, -0.25) is 0 Å². The normalized spacial score (nSPS) is 20.7. The number of halogens is 1. The summed E-state index contributed by atoms with van der Waals surface area (Å²) in [5.74, 6) is 2.50. The van der Waals surface area contributed by atoms with Crippen LogP contribution in [0.2, 0.25) is 0 Å². The second-order valence-corrected chi connectivity index (χ2v) is 7.10. The van der Waals surface area contributed by atoms with Gasteiger partial charge in [0.1, 0.15) is 0 Å². The molecule has 0 radical (unpaired) electrons. The molecule has 1 unspecified atom stereocenters. The predicted molar refractivity (Wildman–Crippen MR) is 89.6 cm³/mol. The summed E-state index contributed by atoms with van der Waals surface area (Å²) in [6.45, 7) is 2.53. The standard InChI is InChI=1S/C16H18BrN5O/c17-13-7-18-16(19-8-13)22-6-5-11(9-22)10-23-15-4-3-14(20-21-15)12-1-2-12/h3-4,7-8,11-12H,1-2,5-6,9-10H2. The third-order valence-electron chi connectivity index (χ3n) is 4.30. The molecule has 2 fully saturated rings. The Hall–Kier alpha value is -1.76. The van der Waals surface area contributed by atoms with Gasteiger partial charge in [-0.15, -0.1) is 5.10 Å². The maximum Gasteiger partial charge on any atom is 0.233 e. The van der Waals surface area contributed by atoms with E-state index in [1.807, 2.05) is 12.1 Å². The molecule has 7 heteroatoms. The van der Waals surface area contributed by atoms with Crippen LogP contribution in [0.4, 0.5) is 5.95 Å². The lowest BCUT2D eigenvalue weighted by molar-refractivity contribution is 0.249. The van der Waals surface area contributed by atoms with Crippen molar-refractivity contribution < 1.29 is 4.74 Å². The molecule has 1 saturated heterocycles.